The summed E-state index contributed by atoms with van der Waals surface area (Å²) in [4.78, 5) is 14.6. The average molecular weight is 333 g/mol. The number of carbonyl (C=O) groups excluding carboxylic acids is 1. The lowest BCUT2D eigenvalue weighted by molar-refractivity contribution is -0.146. The number of nitrogens with zero attached hydrogens (tertiary/aromatic N) is 1. The van der Waals surface area contributed by atoms with Crippen LogP contribution < -0.4 is 4.74 Å². The summed E-state index contributed by atoms with van der Waals surface area (Å²) in [7, 11) is 0. The third kappa shape index (κ3) is 3.73. The lowest BCUT2D eigenvalue weighted by atomic mass is 9.94. The number of carbonyl (C=O) groups is 1. The quantitative estimate of drug-likeness (QED) is 0.916. The zero-order valence-electron chi connectivity index (χ0n) is 14.5. The van der Waals surface area contributed by atoms with Crippen molar-refractivity contribution in [1.29, 1.82) is 0 Å². The van der Waals surface area contributed by atoms with E-state index in [0.717, 1.165) is 36.1 Å². The smallest absolute Gasteiger partial charge is 0.260 e. The van der Waals surface area contributed by atoms with E-state index < -0.39 is 0 Å². The zero-order valence-corrected chi connectivity index (χ0v) is 14.5. The SMILES string of the molecule is Cc1ccc(C)c(OCC(=O)N2CCOC[C@@H]2[C@H]2CCC[C@H]2O)c1. The number of morpholine rings is 1. The number of aliphatic hydroxyl groups excluding tert-OH is 1. The average Bonchev–Trinajstić information content (AvgIpc) is 3.01. The van der Waals surface area contributed by atoms with Gasteiger partial charge in [-0.1, -0.05) is 18.6 Å². The Hall–Kier alpha value is -1.59. The van der Waals surface area contributed by atoms with Gasteiger partial charge in [0, 0.05) is 12.5 Å². The molecule has 0 aromatic heterocycles. The van der Waals surface area contributed by atoms with Crippen molar-refractivity contribution in [2.24, 2.45) is 5.92 Å². The van der Waals surface area contributed by atoms with Gasteiger partial charge in [-0.15, -0.1) is 0 Å². The molecular formula is C19H27NO4. The Morgan fingerprint density at radius 1 is 1.38 bits per heavy atom. The summed E-state index contributed by atoms with van der Waals surface area (Å²) in [5.41, 5.74) is 2.14. The number of benzene rings is 1. The summed E-state index contributed by atoms with van der Waals surface area (Å²) in [5.74, 6) is 0.854. The highest BCUT2D eigenvalue weighted by molar-refractivity contribution is 5.78. The Labute approximate surface area is 143 Å². The van der Waals surface area contributed by atoms with Crippen LogP contribution in [-0.4, -0.2) is 54.4 Å². The van der Waals surface area contributed by atoms with Crippen LogP contribution in [-0.2, 0) is 9.53 Å². The van der Waals surface area contributed by atoms with Crippen molar-refractivity contribution in [3.8, 4) is 5.75 Å². The number of ether oxygens (including phenoxy) is 2. The second-order valence-electron chi connectivity index (χ2n) is 6.95. The predicted octanol–water partition coefficient (Wildman–Crippen LogP) is 2.07. The van der Waals surface area contributed by atoms with Gasteiger partial charge >= 0.3 is 0 Å². The van der Waals surface area contributed by atoms with Crippen molar-refractivity contribution < 1.29 is 19.4 Å². The van der Waals surface area contributed by atoms with E-state index in [1.165, 1.54) is 0 Å². The van der Waals surface area contributed by atoms with E-state index in [1.807, 2.05) is 36.9 Å². The first-order chi connectivity index (χ1) is 11.6. The Morgan fingerprint density at radius 3 is 2.96 bits per heavy atom. The molecule has 0 bridgehead atoms. The largest absolute Gasteiger partial charge is 0.483 e. The summed E-state index contributed by atoms with van der Waals surface area (Å²) in [6.45, 7) is 5.65. The van der Waals surface area contributed by atoms with Crippen LogP contribution >= 0.6 is 0 Å². The second kappa shape index (κ2) is 7.53. The fraction of sp³-hybridized carbons (Fsp3) is 0.632. The Kier molecular flexibility index (Phi) is 5.41. The number of aliphatic hydroxyl groups is 1. The van der Waals surface area contributed by atoms with Crippen LogP contribution in [0.4, 0.5) is 0 Å². The van der Waals surface area contributed by atoms with Crippen LogP contribution in [0.1, 0.15) is 30.4 Å². The molecule has 1 aromatic carbocycles. The lowest BCUT2D eigenvalue weighted by Crippen LogP contribution is -2.54. The highest BCUT2D eigenvalue weighted by Crippen LogP contribution is 2.32. The zero-order chi connectivity index (χ0) is 17.1. The minimum Gasteiger partial charge on any atom is -0.483 e. The molecule has 1 aromatic rings. The van der Waals surface area contributed by atoms with E-state index in [-0.39, 0.29) is 30.6 Å². The molecule has 132 valence electrons. The highest BCUT2D eigenvalue weighted by Gasteiger charge is 2.39. The van der Waals surface area contributed by atoms with E-state index in [0.29, 0.717) is 19.8 Å². The third-order valence-corrected chi connectivity index (χ3v) is 5.21. The van der Waals surface area contributed by atoms with Crippen molar-refractivity contribution in [3.05, 3.63) is 29.3 Å². The number of hydrogen-bond donors (Lipinski definition) is 1. The third-order valence-electron chi connectivity index (χ3n) is 5.21. The van der Waals surface area contributed by atoms with E-state index in [9.17, 15) is 9.90 Å². The van der Waals surface area contributed by atoms with Crippen LogP contribution in [0.3, 0.4) is 0 Å². The number of rotatable bonds is 4. The molecule has 3 atom stereocenters. The summed E-state index contributed by atoms with van der Waals surface area (Å²) < 4.78 is 11.4. The summed E-state index contributed by atoms with van der Waals surface area (Å²) in [6.07, 6.45) is 2.47. The number of amides is 1. The van der Waals surface area contributed by atoms with Gasteiger partial charge in [-0.05, 0) is 43.9 Å². The maximum Gasteiger partial charge on any atom is 0.260 e. The molecular weight excluding hydrogens is 306 g/mol. The molecule has 2 fully saturated rings. The molecule has 0 radical (unpaired) electrons. The van der Waals surface area contributed by atoms with E-state index in [4.69, 9.17) is 9.47 Å². The van der Waals surface area contributed by atoms with Crippen molar-refractivity contribution in [2.45, 2.75) is 45.3 Å². The summed E-state index contributed by atoms with van der Waals surface area (Å²) >= 11 is 0. The van der Waals surface area contributed by atoms with Crippen LogP contribution in [0.5, 0.6) is 5.75 Å². The van der Waals surface area contributed by atoms with Crippen molar-refractivity contribution in [3.63, 3.8) is 0 Å². The first kappa shape index (κ1) is 17.2. The molecule has 5 heteroatoms. The topological polar surface area (TPSA) is 59.0 Å². The van der Waals surface area contributed by atoms with Crippen LogP contribution in [0.25, 0.3) is 0 Å². The van der Waals surface area contributed by atoms with Gasteiger partial charge in [0.2, 0.25) is 0 Å². The standard InChI is InChI=1S/C19H27NO4/c1-13-6-7-14(2)18(10-13)24-12-19(22)20-8-9-23-11-16(20)15-4-3-5-17(15)21/h6-7,10,15-17,21H,3-5,8-9,11-12H2,1-2H3/t15-,16-,17-/m1/s1. The minimum absolute atomic E-state index is 0.0247. The van der Waals surface area contributed by atoms with E-state index >= 15 is 0 Å². The maximum absolute atomic E-state index is 12.7. The van der Waals surface area contributed by atoms with E-state index in [2.05, 4.69) is 0 Å². The Balaban J connectivity index is 1.64. The van der Waals surface area contributed by atoms with Crippen LogP contribution in [0.15, 0.2) is 18.2 Å². The van der Waals surface area contributed by atoms with Crippen molar-refractivity contribution in [2.75, 3.05) is 26.4 Å². The van der Waals surface area contributed by atoms with Crippen molar-refractivity contribution >= 4 is 5.91 Å². The lowest BCUT2D eigenvalue weighted by Gasteiger charge is -2.40. The second-order valence-corrected chi connectivity index (χ2v) is 6.95. The minimum atomic E-state index is -0.327. The summed E-state index contributed by atoms with van der Waals surface area (Å²) in [6, 6.07) is 5.96. The maximum atomic E-state index is 12.7. The molecule has 2 aliphatic rings. The number of hydrogen-bond acceptors (Lipinski definition) is 4. The molecule has 1 aliphatic heterocycles. The monoisotopic (exact) mass is 333 g/mol. The molecule has 0 spiro atoms. The van der Waals surface area contributed by atoms with Crippen molar-refractivity contribution in [1.82, 2.24) is 4.90 Å². The van der Waals surface area contributed by atoms with Gasteiger partial charge in [0.1, 0.15) is 5.75 Å². The van der Waals surface area contributed by atoms with Crippen LogP contribution in [0, 0.1) is 19.8 Å². The van der Waals surface area contributed by atoms with Gasteiger partial charge in [-0.3, -0.25) is 4.79 Å². The molecule has 1 saturated carbocycles. The van der Waals surface area contributed by atoms with Gasteiger partial charge in [0.15, 0.2) is 6.61 Å². The molecule has 1 N–H and O–H groups in total. The van der Waals surface area contributed by atoms with Gasteiger partial charge in [-0.2, -0.15) is 0 Å². The molecule has 1 aliphatic carbocycles. The van der Waals surface area contributed by atoms with Gasteiger partial charge in [0.05, 0.1) is 25.4 Å². The molecule has 1 heterocycles. The Bertz CT molecular complexity index is 589. The number of aryl methyl sites for hydroxylation is 2. The normalized spacial score (nSPS) is 27.3. The van der Waals surface area contributed by atoms with Crippen LogP contribution in [0.2, 0.25) is 0 Å². The molecule has 1 amide bonds. The fourth-order valence-electron chi connectivity index (χ4n) is 3.79. The molecule has 5 nitrogen and oxygen atoms in total. The molecule has 1 saturated heterocycles. The van der Waals surface area contributed by atoms with Gasteiger partial charge in [-0.25, -0.2) is 0 Å². The molecule has 24 heavy (non-hydrogen) atoms. The first-order valence-corrected chi connectivity index (χ1v) is 8.81. The predicted molar refractivity (Wildman–Crippen MR) is 91.1 cm³/mol. The highest BCUT2D eigenvalue weighted by atomic mass is 16.5. The molecule has 3 rings (SSSR count). The summed E-state index contributed by atoms with van der Waals surface area (Å²) in [5, 5.41) is 10.2. The van der Waals surface area contributed by atoms with E-state index in [1.54, 1.807) is 0 Å². The first-order valence-electron chi connectivity index (χ1n) is 8.81. The van der Waals surface area contributed by atoms with Gasteiger partial charge < -0.3 is 19.5 Å². The molecule has 0 unspecified atom stereocenters. The van der Waals surface area contributed by atoms with Gasteiger partial charge in [0.25, 0.3) is 5.91 Å². The fourth-order valence-corrected chi connectivity index (χ4v) is 3.79. The Morgan fingerprint density at radius 2 is 2.21 bits per heavy atom.